The molecule has 0 bridgehead atoms. The highest BCUT2D eigenvalue weighted by atomic mass is 35.5. The van der Waals surface area contributed by atoms with Crippen LogP contribution in [0.3, 0.4) is 0 Å². The van der Waals surface area contributed by atoms with E-state index in [1.165, 1.54) is 16.4 Å². The number of carbonyl (C=O) groups is 1. The summed E-state index contributed by atoms with van der Waals surface area (Å²) in [5, 5.41) is 0.159. The number of halogens is 1. The van der Waals surface area contributed by atoms with E-state index in [0.717, 1.165) is 38.5 Å². The van der Waals surface area contributed by atoms with Crippen molar-refractivity contribution in [1.82, 2.24) is 9.21 Å². The van der Waals surface area contributed by atoms with Gasteiger partial charge in [0.1, 0.15) is 4.90 Å². The Balaban J connectivity index is 1.83. The van der Waals surface area contributed by atoms with Gasteiger partial charge < -0.3 is 9.64 Å². The van der Waals surface area contributed by atoms with Crippen LogP contribution in [-0.2, 0) is 14.8 Å². The third-order valence-electron chi connectivity index (χ3n) is 5.43. The molecular weight excluding hydrogens is 400 g/mol. The fourth-order valence-corrected chi connectivity index (χ4v) is 5.95. The van der Waals surface area contributed by atoms with Crippen molar-refractivity contribution in [1.29, 1.82) is 0 Å². The smallest absolute Gasteiger partial charge is 0.253 e. The van der Waals surface area contributed by atoms with Gasteiger partial charge in [0.05, 0.1) is 11.1 Å². The van der Waals surface area contributed by atoms with Crippen molar-refractivity contribution >= 4 is 27.5 Å². The third kappa shape index (κ3) is 4.87. The van der Waals surface area contributed by atoms with Crippen molar-refractivity contribution in [3.05, 3.63) is 28.8 Å². The van der Waals surface area contributed by atoms with E-state index in [2.05, 4.69) is 0 Å². The first kappa shape index (κ1) is 21.6. The average molecular weight is 429 g/mol. The number of sulfonamides is 1. The van der Waals surface area contributed by atoms with Crippen molar-refractivity contribution in [3.8, 4) is 0 Å². The lowest BCUT2D eigenvalue weighted by molar-refractivity contribution is 0.00723. The summed E-state index contributed by atoms with van der Waals surface area (Å²) in [5.41, 5.74) is 0.356. The Kier molecular flexibility index (Phi) is 7.36. The highest BCUT2D eigenvalue weighted by molar-refractivity contribution is 7.89. The maximum absolute atomic E-state index is 13.1. The lowest BCUT2D eigenvalue weighted by Gasteiger charge is -2.32. The number of rotatable bonds is 5. The summed E-state index contributed by atoms with van der Waals surface area (Å²) >= 11 is 6.24. The third-order valence-corrected chi connectivity index (χ3v) is 7.81. The van der Waals surface area contributed by atoms with E-state index >= 15 is 0 Å². The lowest BCUT2D eigenvalue weighted by Crippen LogP contribution is -2.43. The number of benzene rings is 1. The van der Waals surface area contributed by atoms with Gasteiger partial charge in [-0.1, -0.05) is 24.4 Å². The quantitative estimate of drug-likeness (QED) is 0.719. The minimum Gasteiger partial charge on any atom is -0.377 e. The summed E-state index contributed by atoms with van der Waals surface area (Å²) in [7, 11) is -3.72. The monoisotopic (exact) mass is 428 g/mol. The predicted octanol–water partition coefficient (Wildman–Crippen LogP) is 3.55. The molecule has 0 aromatic heterocycles. The second-order valence-electron chi connectivity index (χ2n) is 7.43. The van der Waals surface area contributed by atoms with E-state index in [1.54, 1.807) is 11.0 Å². The van der Waals surface area contributed by atoms with Crippen molar-refractivity contribution in [3.63, 3.8) is 0 Å². The van der Waals surface area contributed by atoms with E-state index in [9.17, 15) is 13.2 Å². The van der Waals surface area contributed by atoms with Crippen LogP contribution in [0.5, 0.6) is 0 Å². The zero-order chi connectivity index (χ0) is 20.1. The van der Waals surface area contributed by atoms with Gasteiger partial charge >= 0.3 is 0 Å². The topological polar surface area (TPSA) is 66.9 Å². The highest BCUT2D eigenvalue weighted by Gasteiger charge is 2.30. The van der Waals surface area contributed by atoms with Crippen LogP contribution in [0.25, 0.3) is 0 Å². The van der Waals surface area contributed by atoms with Crippen LogP contribution in [0.2, 0.25) is 5.02 Å². The molecule has 1 aromatic carbocycles. The van der Waals surface area contributed by atoms with Crippen molar-refractivity contribution in [2.45, 2.75) is 56.4 Å². The van der Waals surface area contributed by atoms with Crippen molar-refractivity contribution in [2.75, 3.05) is 32.8 Å². The number of nitrogens with zero attached hydrogens (tertiary/aromatic N) is 2. The first-order chi connectivity index (χ1) is 13.4. The molecule has 1 atom stereocenters. The Hall–Kier alpha value is -1.15. The van der Waals surface area contributed by atoms with E-state index < -0.39 is 10.0 Å². The summed E-state index contributed by atoms with van der Waals surface area (Å²) in [6, 6.07) is 4.56. The molecule has 6 nitrogen and oxygen atoms in total. The molecule has 1 unspecified atom stereocenters. The summed E-state index contributed by atoms with van der Waals surface area (Å²) in [4.78, 5) is 14.8. The first-order valence-corrected chi connectivity index (χ1v) is 12.0. The molecule has 2 aliphatic heterocycles. The molecular formula is C20H29ClN2O4S. The van der Waals surface area contributed by atoms with Gasteiger partial charge in [0.2, 0.25) is 10.0 Å². The molecule has 0 saturated carbocycles. The molecule has 2 heterocycles. The molecule has 28 heavy (non-hydrogen) atoms. The molecule has 8 heteroatoms. The van der Waals surface area contributed by atoms with Gasteiger partial charge in [-0.25, -0.2) is 8.42 Å². The second kappa shape index (κ2) is 9.57. The minimum absolute atomic E-state index is 0.0280. The first-order valence-electron chi connectivity index (χ1n) is 10.1. The Labute approximate surface area is 172 Å². The zero-order valence-corrected chi connectivity index (χ0v) is 18.0. The Bertz CT molecular complexity index is 789. The molecule has 2 aliphatic rings. The number of amides is 1. The largest absolute Gasteiger partial charge is 0.377 e. The molecule has 0 aliphatic carbocycles. The maximum atomic E-state index is 13.1. The number of carbonyl (C=O) groups excluding carboxylic acids is 1. The van der Waals surface area contributed by atoms with E-state index in [4.69, 9.17) is 16.3 Å². The molecule has 2 fully saturated rings. The molecule has 156 valence electrons. The van der Waals surface area contributed by atoms with Crippen LogP contribution in [0, 0.1) is 0 Å². The predicted molar refractivity (Wildman–Crippen MR) is 109 cm³/mol. The van der Waals surface area contributed by atoms with Gasteiger partial charge in [0.15, 0.2) is 0 Å². The van der Waals surface area contributed by atoms with Crippen LogP contribution in [-0.4, -0.2) is 62.4 Å². The van der Waals surface area contributed by atoms with Crippen molar-refractivity contribution in [2.24, 2.45) is 0 Å². The fraction of sp³-hybridized carbons (Fsp3) is 0.650. The van der Waals surface area contributed by atoms with Gasteiger partial charge in [0, 0.05) is 38.3 Å². The van der Waals surface area contributed by atoms with Crippen LogP contribution in [0.15, 0.2) is 23.1 Å². The zero-order valence-electron chi connectivity index (χ0n) is 16.4. The fourth-order valence-electron chi connectivity index (χ4n) is 3.93. The Morgan fingerprint density at radius 1 is 1.14 bits per heavy atom. The summed E-state index contributed by atoms with van der Waals surface area (Å²) < 4.78 is 33.5. The number of ether oxygens (including phenoxy) is 1. The lowest BCUT2D eigenvalue weighted by atomic mass is 10.1. The maximum Gasteiger partial charge on any atom is 0.253 e. The molecule has 0 N–H and O–H groups in total. The van der Waals surface area contributed by atoms with Gasteiger partial charge in [-0.2, -0.15) is 4.31 Å². The van der Waals surface area contributed by atoms with E-state index in [1.807, 2.05) is 6.92 Å². The number of hydrogen-bond acceptors (Lipinski definition) is 4. The van der Waals surface area contributed by atoms with Gasteiger partial charge in [0.25, 0.3) is 5.91 Å². The summed E-state index contributed by atoms with van der Waals surface area (Å²) in [6.45, 7) is 4.74. The SMILES string of the molecule is CCOC1CCCN(C(=O)c2ccc(Cl)c(S(=O)(=O)N3CCCCCC3)c2)C1. The summed E-state index contributed by atoms with van der Waals surface area (Å²) in [5.74, 6) is -0.173. The van der Waals surface area contributed by atoms with E-state index in [-0.39, 0.29) is 21.9 Å². The van der Waals surface area contributed by atoms with Gasteiger partial charge in [-0.3, -0.25) is 4.79 Å². The highest BCUT2D eigenvalue weighted by Crippen LogP contribution is 2.28. The van der Waals surface area contributed by atoms with E-state index in [0.29, 0.717) is 38.3 Å². The standard InChI is InChI=1S/C20H29ClN2O4S/c1-2-27-17-8-7-11-22(15-17)20(24)16-9-10-18(21)19(14-16)28(25,26)23-12-5-3-4-6-13-23/h9-10,14,17H,2-8,11-13,15H2,1H3. The Morgan fingerprint density at radius 3 is 2.54 bits per heavy atom. The average Bonchev–Trinajstić information content (AvgIpc) is 2.98. The molecule has 0 radical (unpaired) electrons. The molecule has 1 amide bonds. The van der Waals surface area contributed by atoms with Crippen LogP contribution in [0.4, 0.5) is 0 Å². The normalized spacial score (nSPS) is 22.1. The van der Waals surface area contributed by atoms with Crippen molar-refractivity contribution < 1.29 is 17.9 Å². The Morgan fingerprint density at radius 2 is 1.86 bits per heavy atom. The second-order valence-corrected chi connectivity index (χ2v) is 9.75. The van der Waals surface area contributed by atoms with Crippen LogP contribution < -0.4 is 0 Å². The minimum atomic E-state index is -3.72. The number of hydrogen-bond donors (Lipinski definition) is 0. The van der Waals surface area contributed by atoms with Gasteiger partial charge in [-0.05, 0) is 50.8 Å². The van der Waals surface area contributed by atoms with Crippen LogP contribution >= 0.6 is 11.6 Å². The molecule has 1 aromatic rings. The molecule has 2 saturated heterocycles. The van der Waals surface area contributed by atoms with Gasteiger partial charge in [-0.15, -0.1) is 0 Å². The molecule has 0 spiro atoms. The summed E-state index contributed by atoms with van der Waals surface area (Å²) in [6.07, 6.45) is 5.62. The number of likely N-dealkylation sites (tertiary alicyclic amines) is 1. The number of piperidine rings is 1. The molecule has 3 rings (SSSR count). The van der Waals surface area contributed by atoms with Crippen LogP contribution in [0.1, 0.15) is 55.8 Å².